The number of aryl methyl sites for hydroxylation is 2. The number of nitrogens with zero attached hydrogens (tertiary/aromatic N) is 1. The maximum atomic E-state index is 12.5. The lowest BCUT2D eigenvalue weighted by molar-refractivity contribution is -0.137. The van der Waals surface area contributed by atoms with Crippen LogP contribution in [0.5, 0.6) is 0 Å². The summed E-state index contributed by atoms with van der Waals surface area (Å²) in [5, 5.41) is 11.9. The predicted octanol–water partition coefficient (Wildman–Crippen LogP) is 3.50. The summed E-state index contributed by atoms with van der Waals surface area (Å²) in [5.74, 6) is -1.06. The predicted molar refractivity (Wildman–Crippen MR) is 92.6 cm³/mol. The first-order valence-electron chi connectivity index (χ1n) is 8.04. The van der Waals surface area contributed by atoms with Crippen molar-refractivity contribution in [2.45, 2.75) is 26.3 Å². The van der Waals surface area contributed by atoms with Gasteiger partial charge in [-0.3, -0.25) is 9.59 Å². The Morgan fingerprint density at radius 2 is 1.96 bits per heavy atom. The third-order valence-electron chi connectivity index (χ3n) is 4.08. The van der Waals surface area contributed by atoms with Crippen LogP contribution in [0, 0.1) is 13.8 Å². The Hall–Kier alpha value is -3.35. The molecule has 0 bridgehead atoms. The Morgan fingerprint density at radius 3 is 2.62 bits per heavy atom. The highest BCUT2D eigenvalue weighted by atomic mass is 16.4. The van der Waals surface area contributed by atoms with Crippen LogP contribution in [0.25, 0.3) is 11.3 Å². The lowest BCUT2D eigenvalue weighted by Crippen LogP contribution is -2.30. The van der Waals surface area contributed by atoms with Crippen LogP contribution in [0.3, 0.4) is 0 Å². The summed E-state index contributed by atoms with van der Waals surface area (Å²) in [7, 11) is 0. The molecule has 2 N–H and O–H groups in total. The molecule has 7 heteroatoms. The van der Waals surface area contributed by atoms with E-state index in [1.54, 1.807) is 25.1 Å². The van der Waals surface area contributed by atoms with E-state index in [9.17, 15) is 14.7 Å². The Morgan fingerprint density at radius 1 is 1.19 bits per heavy atom. The van der Waals surface area contributed by atoms with Crippen molar-refractivity contribution in [1.82, 2.24) is 10.3 Å². The summed E-state index contributed by atoms with van der Waals surface area (Å²) in [5.41, 5.74) is 2.84. The molecule has 2 aromatic heterocycles. The summed E-state index contributed by atoms with van der Waals surface area (Å²) in [6.45, 7) is 3.64. The van der Waals surface area contributed by atoms with Crippen LogP contribution in [0.2, 0.25) is 0 Å². The second kappa shape index (κ2) is 7.26. The molecule has 0 radical (unpaired) electrons. The van der Waals surface area contributed by atoms with Crippen LogP contribution in [-0.2, 0) is 4.79 Å². The molecule has 1 aromatic carbocycles. The van der Waals surface area contributed by atoms with Gasteiger partial charge in [-0.2, -0.15) is 0 Å². The monoisotopic (exact) mass is 354 g/mol. The molecule has 134 valence electrons. The fourth-order valence-electron chi connectivity index (χ4n) is 2.76. The summed E-state index contributed by atoms with van der Waals surface area (Å²) in [4.78, 5) is 27.9. The highest BCUT2D eigenvalue weighted by Crippen LogP contribution is 2.24. The van der Waals surface area contributed by atoms with E-state index in [2.05, 4.69) is 10.3 Å². The van der Waals surface area contributed by atoms with E-state index in [0.717, 1.165) is 16.7 Å². The van der Waals surface area contributed by atoms with Gasteiger partial charge in [-0.25, -0.2) is 4.98 Å². The summed E-state index contributed by atoms with van der Waals surface area (Å²) in [6.07, 6.45) is 2.65. The van der Waals surface area contributed by atoms with Crippen molar-refractivity contribution >= 4 is 11.9 Å². The molecule has 1 unspecified atom stereocenters. The van der Waals surface area contributed by atoms with Gasteiger partial charge in [0.25, 0.3) is 5.89 Å². The summed E-state index contributed by atoms with van der Waals surface area (Å²) < 4.78 is 10.5. The van der Waals surface area contributed by atoms with Gasteiger partial charge in [0.05, 0.1) is 18.7 Å². The fourth-order valence-corrected chi connectivity index (χ4v) is 2.76. The molecule has 0 fully saturated rings. The van der Waals surface area contributed by atoms with E-state index in [0.29, 0.717) is 11.5 Å². The number of hydrogen-bond acceptors (Lipinski definition) is 5. The van der Waals surface area contributed by atoms with Crippen molar-refractivity contribution in [2.75, 3.05) is 0 Å². The van der Waals surface area contributed by atoms with Gasteiger partial charge >= 0.3 is 11.9 Å². The molecule has 1 amide bonds. The Bertz CT molecular complexity index is 941. The Labute approximate surface area is 149 Å². The number of rotatable bonds is 6. The molecule has 0 aliphatic heterocycles. The number of carboxylic acids is 1. The van der Waals surface area contributed by atoms with Crippen molar-refractivity contribution in [2.24, 2.45) is 0 Å². The number of carboxylic acid groups (broad SMARTS) is 1. The third kappa shape index (κ3) is 3.66. The molecule has 3 rings (SSSR count). The standard InChI is InChI=1S/C19H18N2O5/c1-11-5-3-4-6-13(11)15(9-17(22)23)20-18(24)19-21-16(10-26-19)14-7-8-25-12(14)2/h3-8,10,15H,9H2,1-2H3,(H,20,24)(H,22,23). The number of aliphatic carboxylic acids is 1. The van der Waals surface area contributed by atoms with Gasteiger partial charge in [-0.15, -0.1) is 0 Å². The molecule has 1 atom stereocenters. The number of oxazole rings is 1. The number of carbonyl (C=O) groups excluding carboxylic acids is 1. The van der Waals surface area contributed by atoms with Crippen LogP contribution >= 0.6 is 0 Å². The zero-order valence-corrected chi connectivity index (χ0v) is 14.4. The first-order valence-corrected chi connectivity index (χ1v) is 8.04. The maximum Gasteiger partial charge on any atom is 0.307 e. The van der Waals surface area contributed by atoms with Crippen LogP contribution in [0.1, 0.15) is 40.0 Å². The summed E-state index contributed by atoms with van der Waals surface area (Å²) >= 11 is 0. The van der Waals surface area contributed by atoms with E-state index in [1.807, 2.05) is 19.1 Å². The van der Waals surface area contributed by atoms with Gasteiger partial charge in [0.1, 0.15) is 17.7 Å². The molecule has 0 saturated carbocycles. The largest absolute Gasteiger partial charge is 0.481 e. The van der Waals surface area contributed by atoms with Crippen LogP contribution in [-0.4, -0.2) is 22.0 Å². The molecular weight excluding hydrogens is 336 g/mol. The molecular formula is C19H18N2O5. The third-order valence-corrected chi connectivity index (χ3v) is 4.08. The van der Waals surface area contributed by atoms with Crippen molar-refractivity contribution in [1.29, 1.82) is 0 Å². The number of hydrogen-bond donors (Lipinski definition) is 2. The Balaban J connectivity index is 1.82. The van der Waals surface area contributed by atoms with Gasteiger partial charge < -0.3 is 19.3 Å². The number of amides is 1. The lowest BCUT2D eigenvalue weighted by Gasteiger charge is -2.18. The average Bonchev–Trinajstić information content (AvgIpc) is 3.23. The van der Waals surface area contributed by atoms with E-state index in [-0.39, 0.29) is 12.3 Å². The van der Waals surface area contributed by atoms with E-state index < -0.39 is 17.9 Å². The van der Waals surface area contributed by atoms with Crippen molar-refractivity contribution in [3.8, 4) is 11.3 Å². The maximum absolute atomic E-state index is 12.5. The minimum atomic E-state index is -1.01. The molecule has 0 aliphatic rings. The molecule has 0 aliphatic carbocycles. The summed E-state index contributed by atoms with van der Waals surface area (Å²) in [6, 6.07) is 8.35. The number of aromatic nitrogens is 1. The van der Waals surface area contributed by atoms with Crippen LogP contribution in [0.4, 0.5) is 0 Å². The smallest absolute Gasteiger partial charge is 0.307 e. The number of furan rings is 1. The first kappa shape index (κ1) is 17.5. The number of carbonyl (C=O) groups is 2. The zero-order chi connectivity index (χ0) is 18.7. The zero-order valence-electron chi connectivity index (χ0n) is 14.4. The van der Waals surface area contributed by atoms with Crippen LogP contribution in [0.15, 0.2) is 51.7 Å². The highest BCUT2D eigenvalue weighted by molar-refractivity contribution is 5.91. The molecule has 0 saturated heterocycles. The average molecular weight is 354 g/mol. The molecule has 7 nitrogen and oxygen atoms in total. The number of benzene rings is 1. The minimum absolute atomic E-state index is 0.135. The van der Waals surface area contributed by atoms with Gasteiger partial charge in [-0.05, 0) is 31.0 Å². The molecule has 26 heavy (non-hydrogen) atoms. The topological polar surface area (TPSA) is 106 Å². The van der Waals surface area contributed by atoms with Crippen LogP contribution < -0.4 is 5.32 Å². The second-order valence-electron chi connectivity index (χ2n) is 5.91. The highest BCUT2D eigenvalue weighted by Gasteiger charge is 2.23. The first-order chi connectivity index (χ1) is 12.5. The van der Waals surface area contributed by atoms with Gasteiger partial charge in [0, 0.05) is 5.56 Å². The van der Waals surface area contributed by atoms with Gasteiger partial charge in [0.2, 0.25) is 0 Å². The SMILES string of the molecule is Cc1ccccc1C(CC(=O)O)NC(=O)c1nc(-c2ccoc2C)co1. The normalized spacial score (nSPS) is 11.9. The van der Waals surface area contributed by atoms with Gasteiger partial charge in [-0.1, -0.05) is 24.3 Å². The number of nitrogens with one attached hydrogen (secondary N) is 1. The molecule has 0 spiro atoms. The molecule has 2 heterocycles. The minimum Gasteiger partial charge on any atom is -0.481 e. The van der Waals surface area contributed by atoms with Crippen molar-refractivity contribution < 1.29 is 23.5 Å². The quantitative estimate of drug-likeness (QED) is 0.702. The van der Waals surface area contributed by atoms with E-state index >= 15 is 0 Å². The van der Waals surface area contributed by atoms with Gasteiger partial charge in [0.15, 0.2) is 0 Å². The van der Waals surface area contributed by atoms with E-state index in [1.165, 1.54) is 12.5 Å². The molecule has 3 aromatic rings. The van der Waals surface area contributed by atoms with Crippen molar-refractivity contribution in [3.05, 3.63) is 65.6 Å². The van der Waals surface area contributed by atoms with E-state index in [4.69, 9.17) is 8.83 Å². The Kier molecular flexibility index (Phi) is 4.88. The lowest BCUT2D eigenvalue weighted by atomic mass is 9.99. The van der Waals surface area contributed by atoms with Crippen molar-refractivity contribution in [3.63, 3.8) is 0 Å². The fraction of sp³-hybridized carbons (Fsp3) is 0.211. The second-order valence-corrected chi connectivity index (χ2v) is 5.91.